The van der Waals surface area contributed by atoms with Crippen molar-refractivity contribution >= 4 is 43.4 Å². The van der Waals surface area contributed by atoms with Gasteiger partial charge in [0.05, 0.1) is 73.1 Å². The van der Waals surface area contributed by atoms with Crippen molar-refractivity contribution in [1.29, 1.82) is 0 Å². The number of pyridine rings is 1. The Morgan fingerprint density at radius 1 is 1.07 bits per heavy atom. The summed E-state index contributed by atoms with van der Waals surface area (Å²) in [6, 6.07) is 5.46. The van der Waals surface area contributed by atoms with Gasteiger partial charge in [-0.05, 0) is 44.0 Å². The fourth-order valence-corrected chi connectivity index (χ4v) is 8.27. The maximum absolute atomic E-state index is 14.6. The van der Waals surface area contributed by atoms with Gasteiger partial charge in [0.2, 0.25) is 0 Å². The highest BCUT2D eigenvalue weighted by Crippen LogP contribution is 2.38. The highest BCUT2D eigenvalue weighted by atomic mass is 32.1. The minimum Gasteiger partial charge on any atom is -0.467 e. The summed E-state index contributed by atoms with van der Waals surface area (Å²) >= 11 is 1.08. The summed E-state index contributed by atoms with van der Waals surface area (Å²) < 4.78 is 46.0. The van der Waals surface area contributed by atoms with Gasteiger partial charge in [0.15, 0.2) is 5.13 Å². The molecule has 0 aliphatic carbocycles. The van der Waals surface area contributed by atoms with E-state index in [0.717, 1.165) is 24.3 Å². The molecule has 3 N–H and O–H groups in total. The molecule has 3 aromatic heterocycles. The zero-order valence-corrected chi connectivity index (χ0v) is 26.3. The molecule has 5 saturated heterocycles. The number of thiazole rings is 1. The minimum absolute atomic E-state index is 0.0181. The number of piperazine rings is 1. The number of rotatable bonds is 4. The second-order valence-electron chi connectivity index (χ2n) is 12.5. The van der Waals surface area contributed by atoms with Crippen LogP contribution < -0.4 is 26.2 Å². The van der Waals surface area contributed by atoms with Gasteiger partial charge >= 0.3 is 6.01 Å². The Balaban J connectivity index is 0.000000297. The van der Waals surface area contributed by atoms with Crippen molar-refractivity contribution in [3.63, 3.8) is 0 Å². The molecule has 2 bridgehead atoms. The summed E-state index contributed by atoms with van der Waals surface area (Å²) in [7, 11) is 1.50. The molecule has 5 aliphatic rings. The number of hydrogen-bond acceptors (Lipinski definition) is 12. The lowest BCUT2D eigenvalue weighted by Gasteiger charge is -2.46. The maximum atomic E-state index is 14.6. The van der Waals surface area contributed by atoms with Gasteiger partial charge in [-0.3, -0.25) is 14.3 Å². The van der Waals surface area contributed by atoms with Crippen molar-refractivity contribution in [3.8, 4) is 17.3 Å². The van der Waals surface area contributed by atoms with Crippen LogP contribution in [0.3, 0.4) is 0 Å². The van der Waals surface area contributed by atoms with Crippen molar-refractivity contribution in [1.82, 2.24) is 29.7 Å². The largest absolute Gasteiger partial charge is 0.467 e. The van der Waals surface area contributed by atoms with Crippen LogP contribution in [0, 0.1) is 5.82 Å². The number of aromatic nitrogens is 4. The molecule has 9 rings (SSSR count). The van der Waals surface area contributed by atoms with E-state index in [4.69, 9.17) is 19.9 Å². The Morgan fingerprint density at radius 2 is 1.83 bits per heavy atom. The van der Waals surface area contributed by atoms with Crippen LogP contribution in [0.1, 0.15) is 25.3 Å². The summed E-state index contributed by atoms with van der Waals surface area (Å²) in [6.07, 6.45) is 2.81. The van der Waals surface area contributed by atoms with E-state index in [1.54, 1.807) is 10.6 Å². The topological polar surface area (TPSA) is 133 Å². The number of methoxy groups -OCH3 is 1. The number of anilines is 2. The van der Waals surface area contributed by atoms with E-state index >= 15 is 0 Å². The van der Waals surface area contributed by atoms with E-state index in [2.05, 4.69) is 30.1 Å². The number of hydrogen-bond donors (Lipinski definition) is 2. The van der Waals surface area contributed by atoms with Crippen LogP contribution in [0.25, 0.3) is 32.4 Å². The highest BCUT2D eigenvalue weighted by Gasteiger charge is 2.38. The Morgan fingerprint density at radius 3 is 2.54 bits per heavy atom. The zero-order chi connectivity index (χ0) is 31.5. The lowest BCUT2D eigenvalue weighted by atomic mass is 10.0. The number of halogens is 2. The highest BCUT2D eigenvalue weighted by molar-refractivity contribution is 7.22. The minimum atomic E-state index is -0.518. The first-order valence-electron chi connectivity index (χ1n) is 15.8. The van der Waals surface area contributed by atoms with Gasteiger partial charge in [0.25, 0.3) is 5.56 Å². The first-order valence-corrected chi connectivity index (χ1v) is 16.6. The van der Waals surface area contributed by atoms with Gasteiger partial charge in [0, 0.05) is 31.2 Å². The summed E-state index contributed by atoms with van der Waals surface area (Å²) in [5.74, 6) is 0.128. The molecule has 0 spiro atoms. The van der Waals surface area contributed by atoms with Gasteiger partial charge in [-0.2, -0.15) is 9.97 Å². The SMILES string of the molecule is COc1nc(N2C3CNCC2COC3)c2c(=O)n(C3COC3)c(-c3ccc(F)c4sc(N)nc34)cc2n1.FC1CC2CCCN2C1. The summed E-state index contributed by atoms with van der Waals surface area (Å²) in [5, 5.41) is 4.10. The fraction of sp³-hybridized carbons (Fsp3) is 0.548. The van der Waals surface area contributed by atoms with Gasteiger partial charge < -0.3 is 30.2 Å². The normalized spacial score (nSPS) is 26.2. The maximum Gasteiger partial charge on any atom is 0.318 e. The van der Waals surface area contributed by atoms with E-state index < -0.39 is 12.0 Å². The van der Waals surface area contributed by atoms with Crippen molar-refractivity contribution in [2.75, 3.05) is 70.3 Å². The molecule has 1 aromatic carbocycles. The Hall–Kier alpha value is -3.50. The van der Waals surface area contributed by atoms with Crippen LogP contribution in [0.2, 0.25) is 0 Å². The first kappa shape index (κ1) is 29.9. The Bertz CT molecular complexity index is 1820. The molecule has 5 aliphatic heterocycles. The molecule has 4 aromatic rings. The quantitative estimate of drug-likeness (QED) is 0.337. The summed E-state index contributed by atoms with van der Waals surface area (Å²) in [6.45, 7) is 5.12. The van der Waals surface area contributed by atoms with E-state index in [9.17, 15) is 13.6 Å². The molecule has 4 atom stereocenters. The van der Waals surface area contributed by atoms with Crippen LogP contribution in [0.5, 0.6) is 6.01 Å². The van der Waals surface area contributed by atoms with Crippen molar-refractivity contribution in [2.45, 2.75) is 49.6 Å². The molecular weight excluding hydrogens is 618 g/mol. The number of nitrogens with two attached hydrogens (primary N) is 1. The molecular formula is C31H36F2N8O4S. The molecule has 12 nitrogen and oxygen atoms in total. The number of alkyl halides is 1. The molecule has 5 fully saturated rings. The third-order valence-corrected chi connectivity index (χ3v) is 10.6. The smallest absolute Gasteiger partial charge is 0.318 e. The number of nitrogen functional groups attached to an aromatic ring is 1. The van der Waals surface area contributed by atoms with Gasteiger partial charge in [-0.25, -0.2) is 13.8 Å². The van der Waals surface area contributed by atoms with E-state index in [1.807, 2.05) is 6.07 Å². The number of ether oxygens (including phenoxy) is 3. The van der Waals surface area contributed by atoms with E-state index in [1.165, 1.54) is 26.0 Å². The number of benzene rings is 1. The second kappa shape index (κ2) is 11.9. The molecule has 0 saturated carbocycles. The molecule has 244 valence electrons. The number of morpholine rings is 1. The fourth-order valence-electron chi connectivity index (χ4n) is 7.51. The van der Waals surface area contributed by atoms with E-state index in [0.29, 0.717) is 90.3 Å². The van der Waals surface area contributed by atoms with Crippen LogP contribution in [0.15, 0.2) is 23.0 Å². The van der Waals surface area contributed by atoms with Crippen molar-refractivity contribution < 1.29 is 23.0 Å². The van der Waals surface area contributed by atoms with Crippen LogP contribution in [-0.2, 0) is 9.47 Å². The van der Waals surface area contributed by atoms with Crippen LogP contribution >= 0.6 is 11.3 Å². The van der Waals surface area contributed by atoms with Gasteiger partial charge in [-0.1, -0.05) is 11.3 Å². The molecule has 15 heteroatoms. The van der Waals surface area contributed by atoms with Crippen molar-refractivity contribution in [3.05, 3.63) is 34.4 Å². The van der Waals surface area contributed by atoms with Gasteiger partial charge in [-0.15, -0.1) is 0 Å². The molecule has 4 unspecified atom stereocenters. The lowest BCUT2D eigenvalue weighted by molar-refractivity contribution is -0.0238. The predicted octanol–water partition coefficient (Wildman–Crippen LogP) is 2.74. The number of fused-ring (bicyclic) bond motifs is 5. The monoisotopic (exact) mass is 654 g/mol. The van der Waals surface area contributed by atoms with Crippen LogP contribution in [-0.4, -0.2) is 108 Å². The second-order valence-corrected chi connectivity index (χ2v) is 13.6. The van der Waals surface area contributed by atoms with Crippen LogP contribution in [0.4, 0.5) is 19.7 Å². The average Bonchev–Trinajstić information content (AvgIpc) is 3.72. The van der Waals surface area contributed by atoms with Gasteiger partial charge in [0.1, 0.15) is 23.2 Å². The number of nitrogens with one attached hydrogen (secondary N) is 1. The molecule has 46 heavy (non-hydrogen) atoms. The standard InChI is InChI=1S/C24H24FN7O4S.C7H12FN/c1-34-24-28-16-4-17(14-2-3-15(25)20-19(14)29-23(26)37-20)32(13-9-36-10-13)22(33)18(16)21(30-24)31-11-5-27-6-12(31)8-35-7-11;8-6-4-7-2-1-3-9(7)5-6/h2-4,11-13,27H,5-10H2,1H3,(H2,26,29);6-7H,1-5H2. The van der Waals surface area contributed by atoms with Crippen molar-refractivity contribution in [2.24, 2.45) is 0 Å². The average molecular weight is 655 g/mol. The summed E-state index contributed by atoms with van der Waals surface area (Å²) in [5.41, 5.74) is 7.72. The van der Waals surface area contributed by atoms with E-state index in [-0.39, 0.29) is 34.8 Å². The predicted molar refractivity (Wildman–Crippen MR) is 171 cm³/mol. The first-order chi connectivity index (χ1) is 22.4. The summed E-state index contributed by atoms with van der Waals surface area (Å²) in [4.78, 5) is 32.4. The Labute approximate surface area is 267 Å². The molecule has 8 heterocycles. The third-order valence-electron chi connectivity index (χ3n) is 9.69. The molecule has 0 amide bonds. The zero-order valence-electron chi connectivity index (χ0n) is 25.5. The number of nitrogens with zero attached hydrogens (tertiary/aromatic N) is 6. The lowest BCUT2D eigenvalue weighted by Crippen LogP contribution is -2.64. The third kappa shape index (κ3) is 5.08. The molecule has 0 radical (unpaired) electrons. The Kier molecular flexibility index (Phi) is 7.75.